The van der Waals surface area contributed by atoms with Crippen LogP contribution >= 0.6 is 0 Å². The lowest BCUT2D eigenvalue weighted by molar-refractivity contribution is -0.0514. The third-order valence-corrected chi connectivity index (χ3v) is 5.29. The molecule has 0 bridgehead atoms. The van der Waals surface area contributed by atoms with E-state index in [4.69, 9.17) is 10.5 Å². The number of H-pyrrole nitrogens is 1. The number of ketones is 1. The van der Waals surface area contributed by atoms with E-state index in [9.17, 15) is 23.2 Å². The maximum Gasteiger partial charge on any atom is 0.387 e. The molecule has 2 aromatic rings. The van der Waals surface area contributed by atoms with Gasteiger partial charge in [-0.25, -0.2) is 4.79 Å². The summed E-state index contributed by atoms with van der Waals surface area (Å²) in [6, 6.07) is 4.78. The second-order valence-corrected chi connectivity index (χ2v) is 7.82. The number of aromatic nitrogens is 2. The number of nitrogens with one attached hydrogen (secondary N) is 1. The number of hydrogen-bond donors (Lipinski definition) is 2. The minimum absolute atomic E-state index is 0.0675. The molecular weight excluding hydrogens is 438 g/mol. The number of Topliss-reactive ketones (excluding diaryl/α,β-unsaturated/α-hetero) is 1. The normalized spacial score (nSPS) is 13.5. The first-order valence-corrected chi connectivity index (χ1v) is 10.9. The summed E-state index contributed by atoms with van der Waals surface area (Å²) in [4.78, 5) is 41.5. The van der Waals surface area contributed by atoms with Crippen molar-refractivity contribution in [3.63, 3.8) is 0 Å². The minimum atomic E-state index is -2.98. The maximum absolute atomic E-state index is 13.0. The fourth-order valence-electron chi connectivity index (χ4n) is 3.67. The number of aromatic amines is 1. The van der Waals surface area contributed by atoms with Crippen LogP contribution in [0.2, 0.25) is 0 Å². The van der Waals surface area contributed by atoms with Gasteiger partial charge in [-0.15, -0.1) is 0 Å². The lowest BCUT2D eigenvalue weighted by Crippen LogP contribution is -2.39. The Bertz CT molecular complexity index is 1110. The summed E-state index contributed by atoms with van der Waals surface area (Å²) in [7, 11) is 0. The van der Waals surface area contributed by atoms with E-state index < -0.39 is 23.6 Å². The van der Waals surface area contributed by atoms with Crippen molar-refractivity contribution in [1.29, 1.82) is 0 Å². The van der Waals surface area contributed by atoms with Gasteiger partial charge < -0.3 is 15.2 Å². The number of nitrogens with two attached hydrogens (primary N) is 1. The zero-order valence-corrected chi connectivity index (χ0v) is 18.6. The van der Waals surface area contributed by atoms with Crippen LogP contribution in [-0.2, 0) is 13.1 Å². The topological polar surface area (TPSA) is 120 Å². The average molecular weight is 466 g/mol. The number of benzene rings is 1. The Morgan fingerprint density at radius 3 is 2.61 bits per heavy atom. The van der Waals surface area contributed by atoms with Gasteiger partial charge in [-0.2, -0.15) is 8.78 Å². The third-order valence-electron chi connectivity index (χ3n) is 5.29. The Morgan fingerprint density at radius 1 is 1.27 bits per heavy atom. The zero-order valence-electron chi connectivity index (χ0n) is 18.6. The van der Waals surface area contributed by atoms with Crippen LogP contribution in [0.5, 0.6) is 11.5 Å². The molecule has 180 valence electrons. The van der Waals surface area contributed by atoms with Crippen molar-refractivity contribution in [2.45, 2.75) is 58.9 Å². The molecule has 0 radical (unpaired) electrons. The van der Waals surface area contributed by atoms with Crippen molar-refractivity contribution in [3.05, 3.63) is 50.2 Å². The molecule has 9 nitrogen and oxygen atoms in total. The fraction of sp³-hybridized carbons (Fsp3) is 0.500. The Labute approximate surface area is 189 Å². The summed E-state index contributed by atoms with van der Waals surface area (Å²) in [6.07, 6.45) is 2.38. The molecule has 3 N–H and O–H groups in total. The quantitative estimate of drug-likeness (QED) is 0.461. The third kappa shape index (κ3) is 5.98. The molecule has 1 fully saturated rings. The lowest BCUT2D eigenvalue weighted by atomic mass is 10.1. The second-order valence-electron chi connectivity index (χ2n) is 7.82. The van der Waals surface area contributed by atoms with Crippen molar-refractivity contribution < 1.29 is 23.0 Å². The summed E-state index contributed by atoms with van der Waals surface area (Å²) >= 11 is 0. The summed E-state index contributed by atoms with van der Waals surface area (Å²) in [5, 5.41) is 0. The molecule has 11 heteroatoms. The van der Waals surface area contributed by atoms with E-state index in [0.29, 0.717) is 13.0 Å². The standard InChI is InChI=1S/C22H28F2N4O5/c1-3-9-28-19(25)18(20(30)26-22(28)31)15(29)12-27(14-6-7-14)11-13-5-8-16(33-21(23)24)17(10-13)32-4-2/h5,8,10,14,21H,3-4,6-7,9,11-12,25H2,1-2H3,(H,26,30,31). The largest absolute Gasteiger partial charge is 0.490 e. The molecule has 1 saturated carbocycles. The number of anilines is 1. The predicted molar refractivity (Wildman–Crippen MR) is 118 cm³/mol. The van der Waals surface area contributed by atoms with E-state index in [1.165, 1.54) is 10.6 Å². The van der Waals surface area contributed by atoms with E-state index in [-0.39, 0.29) is 48.6 Å². The minimum Gasteiger partial charge on any atom is -0.490 e. The molecule has 1 aromatic heterocycles. The van der Waals surface area contributed by atoms with Crippen LogP contribution in [0, 0.1) is 0 Å². The molecule has 1 heterocycles. The summed E-state index contributed by atoms with van der Waals surface area (Å²) < 4.78 is 36.4. The van der Waals surface area contributed by atoms with Crippen LogP contribution in [0.25, 0.3) is 0 Å². The molecular formula is C22H28F2N4O5. The summed E-state index contributed by atoms with van der Waals surface area (Å²) in [6.45, 7) is 1.40. The Kier molecular flexibility index (Phi) is 7.85. The smallest absolute Gasteiger partial charge is 0.387 e. The number of nitrogens with zero attached hydrogens (tertiary/aromatic N) is 2. The Hall–Kier alpha value is -3.21. The van der Waals surface area contributed by atoms with Gasteiger partial charge in [0, 0.05) is 19.1 Å². The average Bonchev–Trinajstić information content (AvgIpc) is 3.57. The first-order chi connectivity index (χ1) is 15.7. The Balaban J connectivity index is 1.84. The molecule has 0 spiro atoms. The second kappa shape index (κ2) is 10.6. The van der Waals surface area contributed by atoms with Crippen LogP contribution in [0.4, 0.5) is 14.6 Å². The molecule has 1 aliphatic rings. The number of hydrogen-bond acceptors (Lipinski definition) is 7. The van der Waals surface area contributed by atoms with Crippen molar-refractivity contribution in [3.8, 4) is 11.5 Å². The van der Waals surface area contributed by atoms with Gasteiger partial charge in [-0.3, -0.25) is 24.0 Å². The van der Waals surface area contributed by atoms with Crippen molar-refractivity contribution >= 4 is 11.6 Å². The van der Waals surface area contributed by atoms with Crippen molar-refractivity contribution in [1.82, 2.24) is 14.5 Å². The number of alkyl halides is 2. The fourth-order valence-corrected chi connectivity index (χ4v) is 3.67. The molecule has 33 heavy (non-hydrogen) atoms. The van der Waals surface area contributed by atoms with Gasteiger partial charge in [-0.1, -0.05) is 13.0 Å². The molecule has 0 aliphatic heterocycles. The van der Waals surface area contributed by atoms with Crippen LogP contribution in [0.3, 0.4) is 0 Å². The van der Waals surface area contributed by atoms with Gasteiger partial charge in [0.2, 0.25) is 0 Å². The van der Waals surface area contributed by atoms with Gasteiger partial charge in [0.25, 0.3) is 5.56 Å². The van der Waals surface area contributed by atoms with Crippen LogP contribution in [0.1, 0.15) is 49.0 Å². The number of nitrogen functional groups attached to an aromatic ring is 1. The summed E-state index contributed by atoms with van der Waals surface area (Å²) in [5.74, 6) is -0.515. The van der Waals surface area contributed by atoms with Crippen LogP contribution in [-0.4, -0.2) is 46.0 Å². The molecule has 0 unspecified atom stereocenters. The molecule has 1 aliphatic carbocycles. The first kappa shape index (κ1) is 24.4. The maximum atomic E-state index is 13.0. The van der Waals surface area contributed by atoms with E-state index >= 15 is 0 Å². The molecule has 0 saturated heterocycles. The van der Waals surface area contributed by atoms with Gasteiger partial charge in [0.1, 0.15) is 11.4 Å². The number of halogens is 2. The van der Waals surface area contributed by atoms with E-state index in [2.05, 4.69) is 9.72 Å². The van der Waals surface area contributed by atoms with Crippen molar-refractivity contribution in [2.75, 3.05) is 18.9 Å². The summed E-state index contributed by atoms with van der Waals surface area (Å²) in [5.41, 5.74) is 5.06. The number of carbonyl (C=O) groups is 1. The molecule has 0 atom stereocenters. The van der Waals surface area contributed by atoms with E-state index in [0.717, 1.165) is 18.4 Å². The Morgan fingerprint density at radius 2 is 2.00 bits per heavy atom. The van der Waals surface area contributed by atoms with Crippen molar-refractivity contribution in [2.24, 2.45) is 0 Å². The highest BCUT2D eigenvalue weighted by atomic mass is 19.3. The lowest BCUT2D eigenvalue weighted by Gasteiger charge is -2.22. The van der Waals surface area contributed by atoms with E-state index in [1.807, 2.05) is 11.8 Å². The zero-order chi connectivity index (χ0) is 24.1. The highest BCUT2D eigenvalue weighted by Crippen LogP contribution is 2.33. The SMILES string of the molecule is CCCn1c(N)c(C(=O)CN(Cc2ccc(OC(F)F)c(OCC)c2)C2CC2)c(=O)[nH]c1=O. The first-order valence-electron chi connectivity index (χ1n) is 10.9. The van der Waals surface area contributed by atoms with E-state index in [1.54, 1.807) is 19.1 Å². The highest BCUT2D eigenvalue weighted by Gasteiger charge is 2.32. The highest BCUT2D eigenvalue weighted by molar-refractivity contribution is 6.01. The molecule has 0 amide bonds. The van der Waals surface area contributed by atoms with Gasteiger partial charge in [0.15, 0.2) is 17.3 Å². The van der Waals surface area contributed by atoms with Gasteiger partial charge in [0.05, 0.1) is 13.2 Å². The number of carbonyl (C=O) groups excluding carboxylic acids is 1. The van der Waals surface area contributed by atoms with Crippen LogP contribution < -0.4 is 26.5 Å². The number of rotatable bonds is 12. The monoisotopic (exact) mass is 466 g/mol. The van der Waals surface area contributed by atoms with Gasteiger partial charge in [-0.05, 0) is 43.9 Å². The molecule has 3 rings (SSSR count). The molecule has 1 aromatic carbocycles. The predicted octanol–water partition coefficient (Wildman–Crippen LogP) is 2.38. The van der Waals surface area contributed by atoms with Crippen LogP contribution in [0.15, 0.2) is 27.8 Å². The van der Waals surface area contributed by atoms with Gasteiger partial charge >= 0.3 is 12.3 Å². The number of ether oxygens (including phenoxy) is 2.